The van der Waals surface area contributed by atoms with Gasteiger partial charge in [-0.3, -0.25) is 4.99 Å². The molecule has 0 aromatic heterocycles. The van der Waals surface area contributed by atoms with E-state index in [1.165, 1.54) is 0 Å². The van der Waals surface area contributed by atoms with Crippen LogP contribution in [-0.4, -0.2) is 24.4 Å². The molecule has 0 aliphatic carbocycles. The summed E-state index contributed by atoms with van der Waals surface area (Å²) in [6.45, 7) is 2.19. The molecule has 0 unspecified atom stereocenters. The van der Waals surface area contributed by atoms with Crippen LogP contribution in [0.2, 0.25) is 5.02 Å². The topological polar surface area (TPSA) is 68.1 Å². The van der Waals surface area contributed by atoms with E-state index in [1.54, 1.807) is 37.6 Å². The van der Waals surface area contributed by atoms with Crippen LogP contribution >= 0.6 is 27.5 Å². The van der Waals surface area contributed by atoms with E-state index in [2.05, 4.69) is 20.9 Å². The normalized spacial score (nSPS) is 10.9. The van der Waals surface area contributed by atoms with Crippen LogP contribution in [0.1, 0.15) is 27.0 Å². The molecule has 0 aliphatic heterocycles. The molecule has 0 spiro atoms. The van der Waals surface area contributed by atoms with Crippen molar-refractivity contribution in [3.63, 3.8) is 0 Å². The molecule has 5 nitrogen and oxygen atoms in total. The van der Waals surface area contributed by atoms with Crippen molar-refractivity contribution >= 4 is 45.4 Å². The van der Waals surface area contributed by atoms with Crippen molar-refractivity contribution in [2.45, 2.75) is 13.5 Å². The Balaban J connectivity index is 1.79. The Morgan fingerprint density at radius 1 is 1.20 bits per heavy atom. The summed E-state index contributed by atoms with van der Waals surface area (Å²) in [6.07, 6.45) is 1.74. The van der Waals surface area contributed by atoms with Gasteiger partial charge in [-0.05, 0) is 75.9 Å². The number of hydrogen-bond acceptors (Lipinski definition) is 4. The van der Waals surface area contributed by atoms with Gasteiger partial charge in [-0.25, -0.2) is 4.79 Å². The molecule has 154 valence electrons. The maximum atomic E-state index is 11.0. The van der Waals surface area contributed by atoms with E-state index >= 15 is 0 Å². The predicted molar refractivity (Wildman–Crippen MR) is 122 cm³/mol. The SMILES string of the molecule is COc1cc(C=Nc2cccc(Cl)c2C)cc(Br)c1OCc1ccc(C(=O)O)cc1. The van der Waals surface area contributed by atoms with Gasteiger partial charge in [0.2, 0.25) is 0 Å². The monoisotopic (exact) mass is 487 g/mol. The summed E-state index contributed by atoms with van der Waals surface area (Å²) in [6, 6.07) is 15.8. The number of carboxylic acid groups (broad SMARTS) is 1. The van der Waals surface area contributed by atoms with Crippen LogP contribution < -0.4 is 9.47 Å². The highest BCUT2D eigenvalue weighted by Gasteiger charge is 2.12. The molecule has 0 saturated carbocycles. The zero-order chi connectivity index (χ0) is 21.7. The standard InChI is InChI=1S/C23H19BrClNO4/c1-14-19(25)4-3-5-20(14)26-12-16-10-18(24)22(21(11-16)29-2)30-13-15-6-8-17(9-7-15)23(27)28/h3-12H,13H2,1-2H3,(H,27,28). The number of aromatic carboxylic acids is 1. The quantitative estimate of drug-likeness (QED) is 0.388. The van der Waals surface area contributed by atoms with Gasteiger partial charge >= 0.3 is 5.97 Å². The second-order valence-corrected chi connectivity index (χ2v) is 7.73. The van der Waals surface area contributed by atoms with Crippen LogP contribution in [0.3, 0.4) is 0 Å². The maximum Gasteiger partial charge on any atom is 0.335 e. The first-order valence-electron chi connectivity index (χ1n) is 9.00. The highest BCUT2D eigenvalue weighted by molar-refractivity contribution is 9.10. The van der Waals surface area contributed by atoms with Crippen LogP contribution in [0.15, 0.2) is 64.1 Å². The molecule has 1 N–H and O–H groups in total. The number of methoxy groups -OCH3 is 1. The first-order valence-corrected chi connectivity index (χ1v) is 10.2. The lowest BCUT2D eigenvalue weighted by Gasteiger charge is -2.14. The molecule has 0 saturated heterocycles. The molecular formula is C23H19BrClNO4. The van der Waals surface area contributed by atoms with E-state index in [1.807, 2.05) is 37.3 Å². The molecule has 3 rings (SSSR count). The van der Waals surface area contributed by atoms with Gasteiger partial charge in [-0.1, -0.05) is 29.8 Å². The molecule has 0 amide bonds. The fourth-order valence-electron chi connectivity index (χ4n) is 2.73. The maximum absolute atomic E-state index is 11.0. The molecule has 0 radical (unpaired) electrons. The van der Waals surface area contributed by atoms with Crippen molar-refractivity contribution in [3.05, 3.63) is 86.3 Å². The van der Waals surface area contributed by atoms with E-state index in [0.717, 1.165) is 22.4 Å². The second kappa shape index (κ2) is 9.78. The Hall–Kier alpha value is -2.83. The number of rotatable bonds is 7. The van der Waals surface area contributed by atoms with E-state index in [9.17, 15) is 4.79 Å². The van der Waals surface area contributed by atoms with E-state index in [4.69, 9.17) is 26.2 Å². The second-order valence-electron chi connectivity index (χ2n) is 6.47. The summed E-state index contributed by atoms with van der Waals surface area (Å²) >= 11 is 9.68. The number of carbonyl (C=O) groups is 1. The van der Waals surface area contributed by atoms with Gasteiger partial charge < -0.3 is 14.6 Å². The Morgan fingerprint density at radius 2 is 1.93 bits per heavy atom. The van der Waals surface area contributed by atoms with Gasteiger partial charge in [0.05, 0.1) is 22.8 Å². The minimum absolute atomic E-state index is 0.232. The highest BCUT2D eigenvalue weighted by atomic mass is 79.9. The van der Waals surface area contributed by atoms with Crippen molar-refractivity contribution in [1.82, 2.24) is 0 Å². The largest absolute Gasteiger partial charge is 0.493 e. The summed E-state index contributed by atoms with van der Waals surface area (Å²) in [4.78, 5) is 15.5. The van der Waals surface area contributed by atoms with Gasteiger partial charge in [0.1, 0.15) is 6.61 Å². The molecule has 0 fully saturated rings. The Bertz CT molecular complexity index is 1100. The van der Waals surface area contributed by atoms with Gasteiger partial charge in [-0.2, -0.15) is 0 Å². The van der Waals surface area contributed by atoms with E-state index in [-0.39, 0.29) is 12.2 Å². The third-order valence-corrected chi connectivity index (χ3v) is 5.43. The lowest BCUT2D eigenvalue weighted by atomic mass is 10.1. The van der Waals surface area contributed by atoms with Crippen LogP contribution in [0.5, 0.6) is 11.5 Å². The van der Waals surface area contributed by atoms with Gasteiger partial charge in [0.25, 0.3) is 0 Å². The van der Waals surface area contributed by atoms with Crippen molar-refractivity contribution in [1.29, 1.82) is 0 Å². The molecule has 3 aromatic rings. The molecular weight excluding hydrogens is 470 g/mol. The van der Waals surface area contributed by atoms with Crippen LogP contribution in [0.25, 0.3) is 0 Å². The zero-order valence-electron chi connectivity index (χ0n) is 16.4. The van der Waals surface area contributed by atoms with Gasteiger partial charge in [0.15, 0.2) is 11.5 Å². The molecule has 0 bridgehead atoms. The first kappa shape index (κ1) is 21.9. The lowest BCUT2D eigenvalue weighted by Crippen LogP contribution is -2.01. The average molecular weight is 489 g/mol. The number of ether oxygens (including phenoxy) is 2. The molecule has 0 atom stereocenters. The van der Waals surface area contributed by atoms with Gasteiger partial charge in [0, 0.05) is 11.2 Å². The number of benzene rings is 3. The lowest BCUT2D eigenvalue weighted by molar-refractivity contribution is 0.0697. The third kappa shape index (κ3) is 5.20. The molecule has 7 heteroatoms. The fourth-order valence-corrected chi connectivity index (χ4v) is 3.48. The number of nitrogens with zero attached hydrogens (tertiary/aromatic N) is 1. The minimum atomic E-state index is -0.961. The molecule has 0 heterocycles. The molecule has 0 aliphatic rings. The summed E-state index contributed by atoms with van der Waals surface area (Å²) < 4.78 is 12.1. The third-order valence-electron chi connectivity index (χ3n) is 4.43. The Labute approximate surface area is 188 Å². The Morgan fingerprint density at radius 3 is 2.60 bits per heavy atom. The van der Waals surface area contributed by atoms with Gasteiger partial charge in [-0.15, -0.1) is 0 Å². The van der Waals surface area contributed by atoms with Crippen molar-refractivity contribution in [2.24, 2.45) is 4.99 Å². The number of hydrogen-bond donors (Lipinski definition) is 1. The molecule has 3 aromatic carbocycles. The minimum Gasteiger partial charge on any atom is -0.493 e. The summed E-state index contributed by atoms with van der Waals surface area (Å²) in [5, 5.41) is 9.66. The van der Waals surface area contributed by atoms with Crippen molar-refractivity contribution in [3.8, 4) is 11.5 Å². The number of halogens is 2. The van der Waals surface area contributed by atoms with Crippen LogP contribution in [-0.2, 0) is 6.61 Å². The predicted octanol–water partition coefficient (Wildman–Crippen LogP) is 6.45. The van der Waals surface area contributed by atoms with Crippen molar-refractivity contribution < 1.29 is 19.4 Å². The smallest absolute Gasteiger partial charge is 0.335 e. The summed E-state index contributed by atoms with van der Waals surface area (Å²) in [5.41, 5.74) is 3.61. The first-order chi connectivity index (χ1) is 14.4. The van der Waals surface area contributed by atoms with Crippen LogP contribution in [0.4, 0.5) is 5.69 Å². The summed E-state index contributed by atoms with van der Waals surface area (Å²) in [5.74, 6) is 0.142. The fraction of sp³-hybridized carbons (Fsp3) is 0.130. The van der Waals surface area contributed by atoms with E-state index in [0.29, 0.717) is 21.0 Å². The number of aliphatic imine (C=N–C) groups is 1. The van der Waals surface area contributed by atoms with Crippen LogP contribution in [0, 0.1) is 6.92 Å². The number of carboxylic acids is 1. The summed E-state index contributed by atoms with van der Waals surface area (Å²) in [7, 11) is 1.57. The zero-order valence-corrected chi connectivity index (χ0v) is 18.7. The van der Waals surface area contributed by atoms with Crippen molar-refractivity contribution in [2.75, 3.05) is 7.11 Å². The Kier molecular flexibility index (Phi) is 7.13. The average Bonchev–Trinajstić information content (AvgIpc) is 2.74. The highest BCUT2D eigenvalue weighted by Crippen LogP contribution is 2.37. The molecule has 30 heavy (non-hydrogen) atoms. The van der Waals surface area contributed by atoms with E-state index < -0.39 is 5.97 Å².